The van der Waals surface area contributed by atoms with Gasteiger partial charge in [0.2, 0.25) is 0 Å². The molecule has 114 valence electrons. The number of fused-ring (bicyclic) bond motifs is 1. The first-order chi connectivity index (χ1) is 9.81. The Hall–Kier alpha value is -2.12. The summed E-state index contributed by atoms with van der Waals surface area (Å²) in [5, 5.41) is 0.431. The molecule has 0 aliphatic rings. The van der Waals surface area contributed by atoms with Gasteiger partial charge in [-0.25, -0.2) is 14.4 Å². The van der Waals surface area contributed by atoms with Gasteiger partial charge in [0.05, 0.1) is 19.0 Å². The maximum atomic E-state index is 13.6. The predicted octanol–water partition coefficient (Wildman–Crippen LogP) is 3.17. The summed E-state index contributed by atoms with van der Waals surface area (Å²) < 4.78 is 55.3. The number of hydrogen-bond acceptors (Lipinski definition) is 4. The first-order valence-corrected chi connectivity index (χ1v) is 6.08. The molecule has 8 heteroatoms. The van der Waals surface area contributed by atoms with Crippen molar-refractivity contribution in [2.24, 2.45) is 0 Å². The number of halogens is 4. The van der Waals surface area contributed by atoms with E-state index in [2.05, 4.69) is 9.97 Å². The Kier molecular flexibility index (Phi) is 4.15. The van der Waals surface area contributed by atoms with Gasteiger partial charge in [-0.05, 0) is 6.07 Å². The second-order valence-electron chi connectivity index (χ2n) is 4.49. The molecule has 4 nitrogen and oxygen atoms in total. The van der Waals surface area contributed by atoms with Crippen molar-refractivity contribution in [3.63, 3.8) is 0 Å². The van der Waals surface area contributed by atoms with Crippen LogP contribution in [-0.4, -0.2) is 36.8 Å². The Bertz CT molecular complexity index is 645. The van der Waals surface area contributed by atoms with Crippen LogP contribution in [0.3, 0.4) is 0 Å². The van der Waals surface area contributed by atoms with Crippen molar-refractivity contribution in [2.45, 2.75) is 12.6 Å². The van der Waals surface area contributed by atoms with Crippen molar-refractivity contribution in [1.29, 1.82) is 0 Å². The molecule has 0 radical (unpaired) electrons. The zero-order chi connectivity index (χ0) is 15.6. The van der Waals surface area contributed by atoms with E-state index in [0.717, 1.165) is 6.07 Å². The van der Waals surface area contributed by atoms with E-state index in [4.69, 9.17) is 4.74 Å². The Labute approximate surface area is 118 Å². The molecular weight excluding hydrogens is 290 g/mol. The molecule has 2 rings (SSSR count). The lowest BCUT2D eigenvalue weighted by molar-refractivity contribution is -0.132. The van der Waals surface area contributed by atoms with Crippen molar-refractivity contribution >= 4 is 16.7 Å². The lowest BCUT2D eigenvalue weighted by Gasteiger charge is -2.20. The SMILES string of the molecule is COc1cc2c(N(C)CCC(F)(F)F)ncnc2cc1F. The molecule has 0 N–H and O–H groups in total. The topological polar surface area (TPSA) is 38.2 Å². The van der Waals surface area contributed by atoms with Crippen molar-refractivity contribution in [3.8, 4) is 5.75 Å². The minimum absolute atomic E-state index is 0.0113. The molecule has 0 aliphatic heterocycles. The second kappa shape index (κ2) is 5.71. The van der Waals surface area contributed by atoms with Crippen molar-refractivity contribution in [1.82, 2.24) is 9.97 Å². The van der Waals surface area contributed by atoms with Gasteiger partial charge in [-0.3, -0.25) is 0 Å². The smallest absolute Gasteiger partial charge is 0.390 e. The van der Waals surface area contributed by atoms with Crippen LogP contribution >= 0.6 is 0 Å². The number of ether oxygens (including phenoxy) is 1. The first kappa shape index (κ1) is 15.3. The van der Waals surface area contributed by atoms with Gasteiger partial charge in [-0.1, -0.05) is 0 Å². The van der Waals surface area contributed by atoms with Crippen molar-refractivity contribution in [3.05, 3.63) is 24.3 Å². The molecule has 0 saturated heterocycles. The van der Waals surface area contributed by atoms with E-state index < -0.39 is 18.4 Å². The molecule has 21 heavy (non-hydrogen) atoms. The number of anilines is 1. The fourth-order valence-electron chi connectivity index (χ4n) is 1.91. The van der Waals surface area contributed by atoms with Gasteiger partial charge in [0.25, 0.3) is 0 Å². The van der Waals surface area contributed by atoms with E-state index in [0.29, 0.717) is 16.7 Å². The lowest BCUT2D eigenvalue weighted by atomic mass is 10.2. The normalized spacial score (nSPS) is 11.7. The molecular formula is C13H13F4N3O. The number of methoxy groups -OCH3 is 1. The molecule has 0 unspecified atom stereocenters. The van der Waals surface area contributed by atoms with Crippen LogP contribution in [0.4, 0.5) is 23.4 Å². The molecule has 2 aromatic rings. The molecule has 1 heterocycles. The van der Waals surface area contributed by atoms with Gasteiger partial charge in [0.1, 0.15) is 12.1 Å². The molecule has 0 aliphatic carbocycles. The highest BCUT2D eigenvalue weighted by molar-refractivity contribution is 5.90. The largest absolute Gasteiger partial charge is 0.494 e. The molecule has 1 aromatic carbocycles. The van der Waals surface area contributed by atoms with Crippen LogP contribution in [0.2, 0.25) is 0 Å². The molecule has 0 atom stereocenters. The van der Waals surface area contributed by atoms with Crippen LogP contribution in [0, 0.1) is 5.82 Å². The highest BCUT2D eigenvalue weighted by atomic mass is 19.4. The van der Waals surface area contributed by atoms with Crippen molar-refractivity contribution in [2.75, 3.05) is 25.6 Å². The quantitative estimate of drug-likeness (QED) is 0.813. The maximum Gasteiger partial charge on any atom is 0.390 e. The van der Waals surface area contributed by atoms with Crippen LogP contribution < -0.4 is 9.64 Å². The minimum atomic E-state index is -4.25. The number of rotatable bonds is 4. The Morgan fingerprint density at radius 2 is 1.95 bits per heavy atom. The van der Waals surface area contributed by atoms with E-state index >= 15 is 0 Å². The summed E-state index contributed by atoms with van der Waals surface area (Å²) in [7, 11) is 2.80. The molecule has 1 aromatic heterocycles. The molecule has 0 bridgehead atoms. The fourth-order valence-corrected chi connectivity index (χ4v) is 1.91. The molecule has 0 spiro atoms. The number of hydrogen-bond donors (Lipinski definition) is 0. The van der Waals surface area contributed by atoms with Crippen LogP contribution in [0.5, 0.6) is 5.75 Å². The van der Waals surface area contributed by atoms with Crippen molar-refractivity contribution < 1.29 is 22.3 Å². The van der Waals surface area contributed by atoms with Gasteiger partial charge < -0.3 is 9.64 Å². The van der Waals surface area contributed by atoms with Crippen LogP contribution in [0.1, 0.15) is 6.42 Å². The van der Waals surface area contributed by atoms with E-state index in [1.54, 1.807) is 0 Å². The Balaban J connectivity index is 2.39. The molecule has 0 fully saturated rings. The van der Waals surface area contributed by atoms with E-state index in [1.165, 1.54) is 31.5 Å². The van der Waals surface area contributed by atoms with E-state index in [1.807, 2.05) is 0 Å². The number of benzene rings is 1. The minimum Gasteiger partial charge on any atom is -0.494 e. The van der Waals surface area contributed by atoms with Gasteiger partial charge in [-0.15, -0.1) is 0 Å². The summed E-state index contributed by atoms with van der Waals surface area (Å²) in [6, 6.07) is 2.54. The van der Waals surface area contributed by atoms with Crippen LogP contribution in [0.15, 0.2) is 18.5 Å². The number of alkyl halides is 3. The van der Waals surface area contributed by atoms with Crippen LogP contribution in [0.25, 0.3) is 10.9 Å². The van der Waals surface area contributed by atoms with Crippen LogP contribution in [-0.2, 0) is 0 Å². The number of nitrogens with zero attached hydrogens (tertiary/aromatic N) is 3. The summed E-state index contributed by atoms with van der Waals surface area (Å²) in [6.07, 6.45) is -4.03. The maximum absolute atomic E-state index is 13.6. The summed E-state index contributed by atoms with van der Waals surface area (Å²) in [5.74, 6) is -0.307. The standard InChI is InChI=1S/C13H13F4N3O/c1-20(4-3-13(15,16)17)12-8-5-11(21-2)9(14)6-10(8)18-7-19-12/h5-7H,3-4H2,1-2H3. The summed E-state index contributed by atoms with van der Waals surface area (Å²) in [6.45, 7) is -0.255. The van der Waals surface area contributed by atoms with Gasteiger partial charge in [0, 0.05) is 25.0 Å². The summed E-state index contributed by atoms with van der Waals surface area (Å²) in [4.78, 5) is 9.25. The van der Waals surface area contributed by atoms with Gasteiger partial charge >= 0.3 is 6.18 Å². The van der Waals surface area contributed by atoms with Gasteiger partial charge in [-0.2, -0.15) is 13.2 Å². The average Bonchev–Trinajstić information content (AvgIpc) is 2.42. The third-order valence-electron chi connectivity index (χ3n) is 2.98. The zero-order valence-corrected chi connectivity index (χ0v) is 11.4. The summed E-state index contributed by atoms with van der Waals surface area (Å²) >= 11 is 0. The number of aromatic nitrogens is 2. The highest BCUT2D eigenvalue weighted by Gasteiger charge is 2.27. The third-order valence-corrected chi connectivity index (χ3v) is 2.98. The highest BCUT2D eigenvalue weighted by Crippen LogP contribution is 2.29. The third kappa shape index (κ3) is 3.50. The van der Waals surface area contributed by atoms with E-state index in [-0.39, 0.29) is 12.3 Å². The molecule has 0 amide bonds. The zero-order valence-electron chi connectivity index (χ0n) is 11.4. The predicted molar refractivity (Wildman–Crippen MR) is 70.0 cm³/mol. The first-order valence-electron chi connectivity index (χ1n) is 6.08. The average molecular weight is 303 g/mol. The van der Waals surface area contributed by atoms with Gasteiger partial charge in [0.15, 0.2) is 11.6 Å². The Morgan fingerprint density at radius 3 is 2.57 bits per heavy atom. The van der Waals surface area contributed by atoms with E-state index in [9.17, 15) is 17.6 Å². The lowest BCUT2D eigenvalue weighted by Crippen LogP contribution is -2.25. The summed E-state index contributed by atoms with van der Waals surface area (Å²) in [5.41, 5.74) is 0.303. The fraction of sp³-hybridized carbons (Fsp3) is 0.385. The monoisotopic (exact) mass is 303 g/mol. The molecule has 0 saturated carbocycles. The second-order valence-corrected chi connectivity index (χ2v) is 4.49. The Morgan fingerprint density at radius 1 is 1.24 bits per heavy atom.